The number of methoxy groups -OCH3 is 1. The van der Waals surface area contributed by atoms with Crippen LogP contribution in [0.3, 0.4) is 0 Å². The fourth-order valence-electron chi connectivity index (χ4n) is 2.83. The number of ether oxygens (including phenoxy) is 2. The van der Waals surface area contributed by atoms with Gasteiger partial charge in [0.25, 0.3) is 0 Å². The molecule has 1 saturated heterocycles. The van der Waals surface area contributed by atoms with E-state index in [9.17, 15) is 9.90 Å². The molecule has 1 saturated carbocycles. The second-order valence-electron chi connectivity index (χ2n) is 4.77. The molecule has 5 heteroatoms. The lowest BCUT2D eigenvalue weighted by Gasteiger charge is -2.43. The predicted molar refractivity (Wildman–Crippen MR) is 61.6 cm³/mol. The first-order valence-electron chi connectivity index (χ1n) is 6.33. The second-order valence-corrected chi connectivity index (χ2v) is 4.77. The molecule has 3 unspecified atom stereocenters. The van der Waals surface area contributed by atoms with Gasteiger partial charge in [0.2, 0.25) is 0 Å². The number of esters is 1. The highest BCUT2D eigenvalue weighted by Crippen LogP contribution is 2.26. The lowest BCUT2D eigenvalue weighted by atomic mass is 9.90. The Balaban J connectivity index is 2.06. The minimum absolute atomic E-state index is 0.0803. The first kappa shape index (κ1) is 12.8. The average Bonchev–Trinajstić information content (AvgIpc) is 2.38. The van der Waals surface area contributed by atoms with E-state index in [0.717, 1.165) is 25.7 Å². The maximum Gasteiger partial charge on any atom is 0.325 e. The van der Waals surface area contributed by atoms with Crippen LogP contribution in [0.1, 0.15) is 25.7 Å². The van der Waals surface area contributed by atoms with E-state index in [0.29, 0.717) is 19.8 Å². The van der Waals surface area contributed by atoms with Gasteiger partial charge in [0, 0.05) is 12.6 Å². The number of carbonyl (C=O) groups is 1. The molecule has 0 aromatic carbocycles. The van der Waals surface area contributed by atoms with Gasteiger partial charge in [-0.1, -0.05) is 12.8 Å². The molecule has 17 heavy (non-hydrogen) atoms. The summed E-state index contributed by atoms with van der Waals surface area (Å²) in [6.45, 7) is 1.69. The predicted octanol–water partition coefficient (Wildman–Crippen LogP) is 0.164. The van der Waals surface area contributed by atoms with Crippen LogP contribution in [0.2, 0.25) is 0 Å². The van der Waals surface area contributed by atoms with Crippen molar-refractivity contribution in [2.75, 3.05) is 26.9 Å². The fourth-order valence-corrected chi connectivity index (χ4v) is 2.83. The zero-order valence-corrected chi connectivity index (χ0v) is 10.3. The molecule has 5 nitrogen and oxygen atoms in total. The monoisotopic (exact) mass is 243 g/mol. The third-order valence-electron chi connectivity index (χ3n) is 3.76. The minimum Gasteiger partial charge on any atom is -0.468 e. The van der Waals surface area contributed by atoms with Gasteiger partial charge in [0.1, 0.15) is 6.04 Å². The van der Waals surface area contributed by atoms with Crippen molar-refractivity contribution in [3.05, 3.63) is 0 Å². The molecular formula is C12H21NO4. The second kappa shape index (κ2) is 5.80. The molecule has 1 aliphatic heterocycles. The Morgan fingerprint density at radius 2 is 2.18 bits per heavy atom. The van der Waals surface area contributed by atoms with Crippen molar-refractivity contribution in [2.45, 2.75) is 43.9 Å². The molecule has 98 valence electrons. The average molecular weight is 243 g/mol. The molecule has 1 N–H and O–H groups in total. The summed E-state index contributed by atoms with van der Waals surface area (Å²) in [5, 5.41) is 10.1. The van der Waals surface area contributed by atoms with E-state index in [1.807, 2.05) is 0 Å². The van der Waals surface area contributed by atoms with E-state index in [4.69, 9.17) is 9.47 Å². The maximum atomic E-state index is 11.7. The smallest absolute Gasteiger partial charge is 0.325 e. The summed E-state index contributed by atoms with van der Waals surface area (Å²) in [6, 6.07) is -0.275. The van der Waals surface area contributed by atoms with Crippen molar-refractivity contribution in [2.24, 2.45) is 0 Å². The van der Waals surface area contributed by atoms with E-state index in [1.165, 1.54) is 7.11 Å². The highest BCUT2D eigenvalue weighted by atomic mass is 16.5. The number of nitrogens with zero attached hydrogens (tertiary/aromatic N) is 1. The molecule has 0 spiro atoms. The molecule has 2 aliphatic rings. The summed E-state index contributed by atoms with van der Waals surface area (Å²) in [5.74, 6) is -0.262. The number of rotatable bonds is 2. The van der Waals surface area contributed by atoms with Crippen molar-refractivity contribution in [1.29, 1.82) is 0 Å². The third kappa shape index (κ3) is 2.78. The van der Waals surface area contributed by atoms with Crippen LogP contribution in [-0.4, -0.2) is 61.0 Å². The maximum absolute atomic E-state index is 11.7. The number of aliphatic hydroxyl groups is 1. The molecule has 1 aliphatic carbocycles. The van der Waals surface area contributed by atoms with Crippen LogP contribution in [0.25, 0.3) is 0 Å². The minimum atomic E-state index is -0.355. The number of carbonyl (C=O) groups excluding carboxylic acids is 1. The van der Waals surface area contributed by atoms with E-state index in [2.05, 4.69) is 4.90 Å². The lowest BCUT2D eigenvalue weighted by Crippen LogP contribution is -2.58. The summed E-state index contributed by atoms with van der Waals surface area (Å²) in [6.07, 6.45) is 3.65. The Bertz CT molecular complexity index is 271. The molecule has 0 radical (unpaired) electrons. The van der Waals surface area contributed by atoms with E-state index >= 15 is 0 Å². The van der Waals surface area contributed by atoms with Gasteiger partial charge in [0.15, 0.2) is 0 Å². The Labute approximate surface area is 102 Å². The van der Waals surface area contributed by atoms with Crippen molar-refractivity contribution < 1.29 is 19.4 Å². The van der Waals surface area contributed by atoms with Crippen LogP contribution >= 0.6 is 0 Å². The molecule has 2 fully saturated rings. The van der Waals surface area contributed by atoms with Gasteiger partial charge >= 0.3 is 5.97 Å². The third-order valence-corrected chi connectivity index (χ3v) is 3.76. The number of aliphatic hydroxyl groups excluding tert-OH is 1. The van der Waals surface area contributed by atoms with Crippen LogP contribution in [-0.2, 0) is 14.3 Å². The van der Waals surface area contributed by atoms with Gasteiger partial charge in [-0.05, 0) is 12.8 Å². The molecule has 0 aromatic rings. The van der Waals surface area contributed by atoms with Crippen LogP contribution in [0, 0.1) is 0 Å². The topological polar surface area (TPSA) is 59.0 Å². The first-order valence-corrected chi connectivity index (χ1v) is 6.33. The SMILES string of the molecule is COC(=O)C1COCCN1C1CCCCC1O. The van der Waals surface area contributed by atoms with Gasteiger partial charge in [0.05, 0.1) is 26.4 Å². The Morgan fingerprint density at radius 1 is 1.41 bits per heavy atom. The summed E-state index contributed by atoms with van der Waals surface area (Å²) in [7, 11) is 1.40. The molecule has 3 atom stereocenters. The normalized spacial score (nSPS) is 35.5. The standard InChI is InChI=1S/C12H21NO4/c1-16-12(15)10-8-17-7-6-13(10)9-4-2-3-5-11(9)14/h9-11,14H,2-8H2,1H3. The fraction of sp³-hybridized carbons (Fsp3) is 0.917. The first-order chi connectivity index (χ1) is 8.24. The van der Waals surface area contributed by atoms with Gasteiger partial charge in [-0.25, -0.2) is 0 Å². The zero-order chi connectivity index (χ0) is 12.3. The zero-order valence-electron chi connectivity index (χ0n) is 10.3. The number of hydrogen-bond acceptors (Lipinski definition) is 5. The summed E-state index contributed by atoms with van der Waals surface area (Å²) in [5.41, 5.74) is 0. The quantitative estimate of drug-likeness (QED) is 0.700. The van der Waals surface area contributed by atoms with Crippen molar-refractivity contribution in [3.8, 4) is 0 Å². The molecule has 2 rings (SSSR count). The molecule has 1 heterocycles. The van der Waals surface area contributed by atoms with Crippen molar-refractivity contribution >= 4 is 5.97 Å². The summed E-state index contributed by atoms with van der Waals surface area (Å²) < 4.78 is 10.1. The summed E-state index contributed by atoms with van der Waals surface area (Å²) >= 11 is 0. The largest absolute Gasteiger partial charge is 0.468 e. The molecule has 0 amide bonds. The van der Waals surface area contributed by atoms with E-state index < -0.39 is 0 Å². The highest BCUT2D eigenvalue weighted by molar-refractivity contribution is 5.76. The van der Waals surface area contributed by atoms with Crippen LogP contribution in [0.4, 0.5) is 0 Å². The lowest BCUT2D eigenvalue weighted by molar-refractivity contribution is -0.158. The van der Waals surface area contributed by atoms with Gasteiger partial charge in [-0.3, -0.25) is 9.69 Å². The molecule has 0 aromatic heterocycles. The number of hydrogen-bond donors (Lipinski definition) is 1. The van der Waals surface area contributed by atoms with E-state index in [-0.39, 0.29) is 24.2 Å². The number of morpholine rings is 1. The van der Waals surface area contributed by atoms with Gasteiger partial charge in [-0.2, -0.15) is 0 Å². The summed E-state index contributed by atoms with van der Waals surface area (Å²) in [4.78, 5) is 13.8. The van der Waals surface area contributed by atoms with E-state index in [1.54, 1.807) is 0 Å². The Kier molecular flexibility index (Phi) is 4.36. The van der Waals surface area contributed by atoms with Crippen molar-refractivity contribution in [3.63, 3.8) is 0 Å². The van der Waals surface area contributed by atoms with Gasteiger partial charge < -0.3 is 14.6 Å². The molecule has 0 bridgehead atoms. The van der Waals surface area contributed by atoms with Crippen LogP contribution in [0.5, 0.6) is 0 Å². The Hall–Kier alpha value is -0.650. The van der Waals surface area contributed by atoms with Crippen LogP contribution < -0.4 is 0 Å². The highest BCUT2D eigenvalue weighted by Gasteiger charge is 2.38. The van der Waals surface area contributed by atoms with Crippen LogP contribution in [0.15, 0.2) is 0 Å². The molecular weight excluding hydrogens is 222 g/mol. The Morgan fingerprint density at radius 3 is 2.88 bits per heavy atom. The van der Waals surface area contributed by atoms with Crippen molar-refractivity contribution in [1.82, 2.24) is 4.90 Å². The van der Waals surface area contributed by atoms with Gasteiger partial charge in [-0.15, -0.1) is 0 Å².